The highest BCUT2D eigenvalue weighted by molar-refractivity contribution is 7.15. The summed E-state index contributed by atoms with van der Waals surface area (Å²) in [4.78, 5) is 12.9. The number of nitrogens with zero attached hydrogens (tertiary/aromatic N) is 2. The van der Waals surface area contributed by atoms with E-state index in [4.69, 9.17) is 4.74 Å². The molecular formula is C20H26N4O2S. The number of carbonyl (C=O) groups is 1. The van der Waals surface area contributed by atoms with E-state index >= 15 is 0 Å². The molecule has 2 aliphatic heterocycles. The van der Waals surface area contributed by atoms with Gasteiger partial charge in [-0.15, -0.1) is 10.2 Å². The van der Waals surface area contributed by atoms with Crippen molar-refractivity contribution < 1.29 is 9.53 Å². The van der Waals surface area contributed by atoms with Crippen LogP contribution in [-0.4, -0.2) is 29.3 Å². The summed E-state index contributed by atoms with van der Waals surface area (Å²) in [5.74, 6) is -0.264. The molecule has 2 aromatic rings. The second-order valence-corrected chi connectivity index (χ2v) is 9.29. The fraction of sp³-hybridized carbons (Fsp3) is 0.550. The Labute approximate surface area is 163 Å². The van der Waals surface area contributed by atoms with E-state index in [1.54, 1.807) is 0 Å². The molecule has 2 unspecified atom stereocenters. The molecule has 2 N–H and O–H groups in total. The second-order valence-electron chi connectivity index (χ2n) is 8.28. The Morgan fingerprint density at radius 2 is 2.19 bits per heavy atom. The molecule has 0 saturated carbocycles. The number of rotatable bonds is 3. The number of benzene rings is 1. The lowest BCUT2D eigenvalue weighted by molar-refractivity contribution is -0.117. The van der Waals surface area contributed by atoms with Gasteiger partial charge in [0.2, 0.25) is 11.0 Å². The van der Waals surface area contributed by atoms with Gasteiger partial charge in [-0.2, -0.15) is 0 Å². The van der Waals surface area contributed by atoms with Crippen molar-refractivity contribution in [2.24, 2.45) is 0 Å². The third-order valence-corrected chi connectivity index (χ3v) is 6.17. The largest absolute Gasteiger partial charge is 0.371 e. The van der Waals surface area contributed by atoms with Crippen LogP contribution in [0.25, 0.3) is 0 Å². The van der Waals surface area contributed by atoms with E-state index < -0.39 is 0 Å². The predicted molar refractivity (Wildman–Crippen MR) is 106 cm³/mol. The van der Waals surface area contributed by atoms with Crippen molar-refractivity contribution in [3.8, 4) is 0 Å². The topological polar surface area (TPSA) is 76.1 Å². The van der Waals surface area contributed by atoms with Gasteiger partial charge in [0.05, 0.1) is 5.92 Å². The number of carbonyl (C=O) groups excluding carboxylic acids is 1. The van der Waals surface area contributed by atoms with Crippen LogP contribution in [0.2, 0.25) is 0 Å². The first-order valence-electron chi connectivity index (χ1n) is 9.52. The summed E-state index contributed by atoms with van der Waals surface area (Å²) in [5, 5.41) is 16.0. The highest BCUT2D eigenvalue weighted by atomic mass is 32.1. The van der Waals surface area contributed by atoms with Gasteiger partial charge in [0, 0.05) is 19.7 Å². The van der Waals surface area contributed by atoms with E-state index in [2.05, 4.69) is 59.8 Å². The van der Waals surface area contributed by atoms with E-state index in [0.29, 0.717) is 11.7 Å². The Kier molecular flexibility index (Phi) is 5.01. The zero-order valence-electron chi connectivity index (χ0n) is 16.0. The molecule has 144 valence electrons. The van der Waals surface area contributed by atoms with Gasteiger partial charge in [-0.1, -0.05) is 50.3 Å². The molecule has 27 heavy (non-hydrogen) atoms. The first-order chi connectivity index (χ1) is 12.9. The molecule has 7 heteroatoms. The standard InChI is InChI=1S/C20H26N4O2S/c1-20(2,3)13-6-7-14-12(9-13)10-21-11-15(14)17(25)22-19-24-23-18(27-19)16-5-4-8-26-16/h6-7,9,15-16,21H,4-5,8,10-11H2,1-3H3,(H,22,24,25). The van der Waals surface area contributed by atoms with Gasteiger partial charge in [-0.3, -0.25) is 10.1 Å². The maximum absolute atomic E-state index is 12.9. The van der Waals surface area contributed by atoms with Crippen LogP contribution in [0.1, 0.15) is 67.3 Å². The van der Waals surface area contributed by atoms with Crippen molar-refractivity contribution in [2.75, 3.05) is 18.5 Å². The normalized spacial score (nSPS) is 22.5. The molecule has 0 bridgehead atoms. The van der Waals surface area contributed by atoms with E-state index in [1.807, 2.05) is 0 Å². The van der Waals surface area contributed by atoms with Crippen LogP contribution in [0, 0.1) is 0 Å². The Bertz CT molecular complexity index is 837. The minimum absolute atomic E-state index is 0.0287. The highest BCUT2D eigenvalue weighted by Crippen LogP contribution is 2.33. The average Bonchev–Trinajstić information content (AvgIpc) is 3.31. The third-order valence-electron chi connectivity index (χ3n) is 5.24. The molecule has 6 nitrogen and oxygen atoms in total. The minimum Gasteiger partial charge on any atom is -0.371 e. The van der Waals surface area contributed by atoms with Crippen LogP contribution in [0.3, 0.4) is 0 Å². The van der Waals surface area contributed by atoms with Gasteiger partial charge in [0.15, 0.2) is 0 Å². The molecule has 4 rings (SSSR count). The van der Waals surface area contributed by atoms with E-state index in [0.717, 1.165) is 36.6 Å². The fourth-order valence-corrected chi connectivity index (χ4v) is 4.47. The van der Waals surface area contributed by atoms with E-state index in [9.17, 15) is 4.79 Å². The average molecular weight is 387 g/mol. The SMILES string of the molecule is CC(C)(C)c1ccc2c(c1)CNCC2C(=O)Nc1nnc(C2CCCO2)s1. The molecule has 0 radical (unpaired) electrons. The maximum Gasteiger partial charge on any atom is 0.235 e. The first-order valence-corrected chi connectivity index (χ1v) is 10.3. The number of aromatic nitrogens is 2. The molecule has 1 aromatic heterocycles. The van der Waals surface area contributed by atoms with Crippen LogP contribution < -0.4 is 10.6 Å². The van der Waals surface area contributed by atoms with E-state index in [1.165, 1.54) is 22.5 Å². The Hall–Kier alpha value is -1.83. The lowest BCUT2D eigenvalue weighted by Crippen LogP contribution is -2.35. The number of hydrogen-bond donors (Lipinski definition) is 2. The highest BCUT2D eigenvalue weighted by Gasteiger charge is 2.29. The van der Waals surface area contributed by atoms with Crippen molar-refractivity contribution in [1.82, 2.24) is 15.5 Å². The van der Waals surface area contributed by atoms with Crippen molar-refractivity contribution >= 4 is 22.4 Å². The fourth-order valence-electron chi connectivity index (χ4n) is 3.64. The smallest absolute Gasteiger partial charge is 0.235 e. The van der Waals surface area contributed by atoms with Gasteiger partial charge >= 0.3 is 0 Å². The second kappa shape index (κ2) is 7.30. The van der Waals surface area contributed by atoms with Crippen molar-refractivity contribution in [3.05, 3.63) is 39.9 Å². The van der Waals surface area contributed by atoms with Crippen LogP contribution in [-0.2, 0) is 21.5 Å². The Balaban J connectivity index is 1.50. The Morgan fingerprint density at radius 1 is 1.33 bits per heavy atom. The van der Waals surface area contributed by atoms with Gasteiger partial charge in [0.25, 0.3) is 0 Å². The molecule has 1 saturated heterocycles. The zero-order valence-corrected chi connectivity index (χ0v) is 16.9. The number of hydrogen-bond acceptors (Lipinski definition) is 6. The predicted octanol–water partition coefficient (Wildman–Crippen LogP) is 3.51. The van der Waals surface area contributed by atoms with Crippen LogP contribution in [0.4, 0.5) is 5.13 Å². The summed E-state index contributed by atoms with van der Waals surface area (Å²) < 4.78 is 5.64. The number of amides is 1. The molecule has 1 amide bonds. The Morgan fingerprint density at radius 3 is 2.93 bits per heavy atom. The molecule has 2 atom stereocenters. The third kappa shape index (κ3) is 3.90. The number of nitrogens with one attached hydrogen (secondary N) is 2. The summed E-state index contributed by atoms with van der Waals surface area (Å²) in [6, 6.07) is 6.48. The summed E-state index contributed by atoms with van der Waals surface area (Å²) in [6.07, 6.45) is 2.05. The molecule has 0 spiro atoms. The van der Waals surface area contributed by atoms with Crippen molar-refractivity contribution in [3.63, 3.8) is 0 Å². The first kappa shape index (κ1) is 18.5. The minimum atomic E-state index is -0.224. The van der Waals surface area contributed by atoms with Crippen LogP contribution >= 0.6 is 11.3 Å². The molecule has 0 aliphatic carbocycles. The quantitative estimate of drug-likeness (QED) is 0.844. The van der Waals surface area contributed by atoms with Gasteiger partial charge in [-0.05, 0) is 34.9 Å². The van der Waals surface area contributed by atoms with Crippen LogP contribution in [0.15, 0.2) is 18.2 Å². The molecule has 1 fully saturated rings. The number of fused-ring (bicyclic) bond motifs is 1. The van der Waals surface area contributed by atoms with Gasteiger partial charge in [0.1, 0.15) is 11.1 Å². The lowest BCUT2D eigenvalue weighted by Gasteiger charge is -2.28. The summed E-state index contributed by atoms with van der Waals surface area (Å²) in [5.41, 5.74) is 3.68. The van der Waals surface area contributed by atoms with Crippen molar-refractivity contribution in [2.45, 2.75) is 57.6 Å². The molecule has 3 heterocycles. The molecule has 1 aromatic carbocycles. The molecular weight excluding hydrogens is 360 g/mol. The van der Waals surface area contributed by atoms with Gasteiger partial charge in [-0.25, -0.2) is 0 Å². The monoisotopic (exact) mass is 386 g/mol. The summed E-state index contributed by atoms with van der Waals surface area (Å²) >= 11 is 1.41. The van der Waals surface area contributed by atoms with Gasteiger partial charge < -0.3 is 10.1 Å². The van der Waals surface area contributed by atoms with E-state index in [-0.39, 0.29) is 23.3 Å². The van der Waals surface area contributed by atoms with Crippen LogP contribution in [0.5, 0.6) is 0 Å². The summed E-state index contributed by atoms with van der Waals surface area (Å²) in [6.45, 7) is 8.81. The summed E-state index contributed by atoms with van der Waals surface area (Å²) in [7, 11) is 0. The molecule has 2 aliphatic rings. The zero-order chi connectivity index (χ0) is 19.0. The number of anilines is 1. The maximum atomic E-state index is 12.9. The number of ether oxygens (including phenoxy) is 1. The van der Waals surface area contributed by atoms with Crippen molar-refractivity contribution in [1.29, 1.82) is 0 Å². The lowest BCUT2D eigenvalue weighted by atomic mass is 9.82.